The molecule has 2 rings (SSSR count). The summed E-state index contributed by atoms with van der Waals surface area (Å²) in [5.41, 5.74) is 7.06. The molecule has 3 N–H and O–H groups in total. The van der Waals surface area contributed by atoms with Crippen LogP contribution in [0, 0.1) is 5.82 Å². The normalized spacial score (nSPS) is 18.3. The van der Waals surface area contributed by atoms with E-state index in [0.717, 1.165) is 12.2 Å². The van der Waals surface area contributed by atoms with E-state index in [1.165, 1.54) is 38.4 Å². The number of piperidine rings is 1. The molecule has 0 amide bonds. The van der Waals surface area contributed by atoms with E-state index in [4.69, 9.17) is 5.73 Å². The second-order valence-corrected chi connectivity index (χ2v) is 6.03. The van der Waals surface area contributed by atoms with Crippen LogP contribution < -0.4 is 11.1 Å². The second-order valence-electron chi connectivity index (χ2n) is 5.18. The van der Waals surface area contributed by atoms with E-state index in [1.807, 2.05) is 0 Å². The van der Waals surface area contributed by atoms with Gasteiger partial charge in [0.2, 0.25) is 0 Å². The van der Waals surface area contributed by atoms with Crippen molar-refractivity contribution in [2.75, 3.05) is 30.7 Å². The first-order valence-electron chi connectivity index (χ1n) is 6.80. The standard InChI is InChI=1S/C14H21BrFN3/c1-10(19-5-3-2-4-6-19)9-18-14-7-11(15)12(16)8-13(14)17/h7-8,10,18H,2-6,9,17H2,1H3. The van der Waals surface area contributed by atoms with Crippen LogP contribution in [0.2, 0.25) is 0 Å². The fourth-order valence-corrected chi connectivity index (χ4v) is 2.80. The van der Waals surface area contributed by atoms with Gasteiger partial charge in [0.25, 0.3) is 0 Å². The first-order chi connectivity index (χ1) is 9.08. The zero-order chi connectivity index (χ0) is 13.8. The van der Waals surface area contributed by atoms with Crippen molar-refractivity contribution in [3.05, 3.63) is 22.4 Å². The molecule has 0 aliphatic carbocycles. The van der Waals surface area contributed by atoms with Crippen LogP contribution >= 0.6 is 15.9 Å². The number of rotatable bonds is 4. The molecule has 1 unspecified atom stereocenters. The van der Waals surface area contributed by atoms with Crippen molar-refractivity contribution < 1.29 is 4.39 Å². The van der Waals surface area contributed by atoms with Crippen molar-refractivity contribution in [3.63, 3.8) is 0 Å². The van der Waals surface area contributed by atoms with Crippen molar-refractivity contribution in [1.29, 1.82) is 0 Å². The van der Waals surface area contributed by atoms with Crippen molar-refractivity contribution in [3.8, 4) is 0 Å². The zero-order valence-electron chi connectivity index (χ0n) is 11.3. The average Bonchev–Trinajstić information content (AvgIpc) is 2.42. The molecular formula is C14H21BrFN3. The number of hydrogen-bond donors (Lipinski definition) is 2. The van der Waals surface area contributed by atoms with Crippen LogP contribution in [0.25, 0.3) is 0 Å². The Hall–Kier alpha value is -0.810. The number of hydrogen-bond acceptors (Lipinski definition) is 3. The number of benzene rings is 1. The molecule has 0 saturated carbocycles. The molecule has 0 bridgehead atoms. The van der Waals surface area contributed by atoms with Crippen molar-refractivity contribution >= 4 is 27.3 Å². The molecule has 1 atom stereocenters. The molecule has 5 heteroatoms. The minimum absolute atomic E-state index is 0.327. The van der Waals surface area contributed by atoms with Crippen molar-refractivity contribution in [1.82, 2.24) is 4.90 Å². The zero-order valence-corrected chi connectivity index (χ0v) is 12.8. The summed E-state index contributed by atoms with van der Waals surface area (Å²) in [5.74, 6) is -0.327. The first-order valence-corrected chi connectivity index (χ1v) is 7.59. The van der Waals surface area contributed by atoms with Gasteiger partial charge in [0.05, 0.1) is 15.8 Å². The molecule has 1 heterocycles. The fourth-order valence-electron chi connectivity index (χ4n) is 2.46. The van der Waals surface area contributed by atoms with Gasteiger partial charge in [-0.05, 0) is 54.9 Å². The van der Waals surface area contributed by atoms with Crippen LogP contribution in [0.4, 0.5) is 15.8 Å². The van der Waals surface area contributed by atoms with E-state index >= 15 is 0 Å². The van der Waals surface area contributed by atoms with Crippen molar-refractivity contribution in [2.24, 2.45) is 0 Å². The number of anilines is 2. The molecule has 0 aromatic heterocycles. The number of nitrogens with one attached hydrogen (secondary N) is 1. The highest BCUT2D eigenvalue weighted by atomic mass is 79.9. The number of nitrogens with two attached hydrogens (primary N) is 1. The highest BCUT2D eigenvalue weighted by molar-refractivity contribution is 9.10. The largest absolute Gasteiger partial charge is 0.397 e. The van der Waals surface area contributed by atoms with Gasteiger partial charge in [0.15, 0.2) is 0 Å². The number of halogens is 2. The Morgan fingerprint density at radius 3 is 2.74 bits per heavy atom. The molecule has 106 valence electrons. The van der Waals surface area contributed by atoms with Crippen LogP contribution in [-0.2, 0) is 0 Å². The Bertz CT molecular complexity index is 433. The highest BCUT2D eigenvalue weighted by Gasteiger charge is 2.16. The lowest BCUT2D eigenvalue weighted by molar-refractivity contribution is 0.180. The Morgan fingerprint density at radius 1 is 1.37 bits per heavy atom. The van der Waals surface area contributed by atoms with Gasteiger partial charge in [-0.1, -0.05) is 6.42 Å². The van der Waals surface area contributed by atoms with Gasteiger partial charge < -0.3 is 11.1 Å². The molecule has 1 aliphatic heterocycles. The van der Waals surface area contributed by atoms with E-state index in [1.54, 1.807) is 6.07 Å². The monoisotopic (exact) mass is 329 g/mol. The van der Waals surface area contributed by atoms with Gasteiger partial charge >= 0.3 is 0 Å². The molecule has 0 spiro atoms. The lowest BCUT2D eigenvalue weighted by atomic mass is 10.1. The summed E-state index contributed by atoms with van der Waals surface area (Å²) in [7, 11) is 0. The van der Waals surface area contributed by atoms with Crippen molar-refractivity contribution in [2.45, 2.75) is 32.2 Å². The molecule has 1 aliphatic rings. The topological polar surface area (TPSA) is 41.3 Å². The van der Waals surface area contributed by atoms with E-state index < -0.39 is 0 Å². The van der Waals surface area contributed by atoms with Gasteiger partial charge in [0, 0.05) is 18.7 Å². The van der Waals surface area contributed by atoms with Crippen LogP contribution in [0.3, 0.4) is 0 Å². The summed E-state index contributed by atoms with van der Waals surface area (Å²) in [6.45, 7) is 5.38. The van der Waals surface area contributed by atoms with Gasteiger partial charge in [-0.25, -0.2) is 4.39 Å². The highest BCUT2D eigenvalue weighted by Crippen LogP contribution is 2.26. The van der Waals surface area contributed by atoms with Gasteiger partial charge in [-0.2, -0.15) is 0 Å². The Kier molecular flexibility index (Phi) is 5.05. The van der Waals surface area contributed by atoms with Crippen LogP contribution in [0.15, 0.2) is 16.6 Å². The predicted octanol–water partition coefficient (Wildman–Crippen LogP) is 3.46. The number of nitrogens with zero attached hydrogens (tertiary/aromatic N) is 1. The summed E-state index contributed by atoms with van der Waals surface area (Å²) in [6.07, 6.45) is 3.91. The molecular weight excluding hydrogens is 309 g/mol. The van der Waals surface area contributed by atoms with E-state index in [2.05, 4.69) is 33.1 Å². The minimum Gasteiger partial charge on any atom is -0.397 e. The Morgan fingerprint density at radius 2 is 2.05 bits per heavy atom. The van der Waals surface area contributed by atoms with Crippen LogP contribution in [-0.4, -0.2) is 30.6 Å². The molecule has 0 radical (unpaired) electrons. The summed E-state index contributed by atoms with van der Waals surface area (Å²) >= 11 is 3.18. The third-order valence-electron chi connectivity index (χ3n) is 3.69. The SMILES string of the molecule is CC(CNc1cc(Br)c(F)cc1N)N1CCCCC1. The summed E-state index contributed by atoms with van der Waals surface area (Å²) < 4.78 is 13.7. The van der Waals surface area contributed by atoms with E-state index in [-0.39, 0.29) is 5.82 Å². The predicted molar refractivity (Wildman–Crippen MR) is 81.9 cm³/mol. The molecule has 1 saturated heterocycles. The minimum atomic E-state index is -0.327. The third kappa shape index (κ3) is 3.83. The maximum Gasteiger partial charge on any atom is 0.139 e. The molecule has 1 aromatic carbocycles. The van der Waals surface area contributed by atoms with E-state index in [9.17, 15) is 4.39 Å². The smallest absolute Gasteiger partial charge is 0.139 e. The lowest BCUT2D eigenvalue weighted by Crippen LogP contribution is -2.41. The van der Waals surface area contributed by atoms with Crippen LogP contribution in [0.5, 0.6) is 0 Å². The van der Waals surface area contributed by atoms with Gasteiger partial charge in [-0.3, -0.25) is 4.90 Å². The fraction of sp³-hybridized carbons (Fsp3) is 0.571. The average molecular weight is 330 g/mol. The Labute approximate surface area is 122 Å². The molecule has 1 fully saturated rings. The Balaban J connectivity index is 1.92. The van der Waals surface area contributed by atoms with Gasteiger partial charge in [0.1, 0.15) is 5.82 Å². The maximum atomic E-state index is 13.3. The maximum absolute atomic E-state index is 13.3. The summed E-state index contributed by atoms with van der Waals surface area (Å²) in [5, 5.41) is 3.31. The number of nitrogen functional groups attached to an aromatic ring is 1. The van der Waals surface area contributed by atoms with Crippen LogP contribution in [0.1, 0.15) is 26.2 Å². The second kappa shape index (κ2) is 6.57. The third-order valence-corrected chi connectivity index (χ3v) is 4.30. The number of likely N-dealkylation sites (tertiary alicyclic amines) is 1. The summed E-state index contributed by atoms with van der Waals surface area (Å²) in [6, 6.07) is 3.51. The molecule has 1 aromatic rings. The van der Waals surface area contributed by atoms with E-state index in [0.29, 0.717) is 16.2 Å². The lowest BCUT2D eigenvalue weighted by Gasteiger charge is -2.32. The quantitative estimate of drug-likeness (QED) is 0.831. The summed E-state index contributed by atoms with van der Waals surface area (Å²) in [4.78, 5) is 2.49. The molecule has 19 heavy (non-hydrogen) atoms. The molecule has 3 nitrogen and oxygen atoms in total. The first kappa shape index (κ1) is 14.6. The van der Waals surface area contributed by atoms with Gasteiger partial charge in [-0.15, -0.1) is 0 Å².